The number of H-pyrrole nitrogens is 1. The number of aliphatic imine (C=N–C) groups is 1. The first-order chi connectivity index (χ1) is 12.0. The smallest absolute Gasteiger partial charge is 0.296 e. The van der Waals surface area contributed by atoms with Crippen molar-refractivity contribution in [2.24, 2.45) is 10.7 Å². The van der Waals surface area contributed by atoms with Crippen LogP contribution in [-0.4, -0.2) is 23.9 Å². The van der Waals surface area contributed by atoms with E-state index < -0.39 is 5.91 Å². The van der Waals surface area contributed by atoms with Gasteiger partial charge < -0.3 is 26.5 Å². The summed E-state index contributed by atoms with van der Waals surface area (Å²) in [5.41, 5.74) is 14.0. The van der Waals surface area contributed by atoms with Gasteiger partial charge in [-0.3, -0.25) is 4.79 Å². The largest absolute Gasteiger partial charge is 0.455 e. The number of aromatic nitrogens is 1. The molecule has 1 amide bonds. The zero-order chi connectivity index (χ0) is 18.0. The molecule has 0 aliphatic carbocycles. The molecule has 3 rings (SSSR count). The van der Waals surface area contributed by atoms with Crippen LogP contribution in [0.5, 0.6) is 11.5 Å². The number of nitrogen functional groups attached to an aromatic ring is 1. The molecule has 0 aliphatic heterocycles. The molecule has 0 radical (unpaired) electrons. The van der Waals surface area contributed by atoms with Crippen LogP contribution in [0.2, 0.25) is 0 Å². The summed E-state index contributed by atoms with van der Waals surface area (Å²) in [5.74, 6) is 0.855. The summed E-state index contributed by atoms with van der Waals surface area (Å²) in [6, 6.07) is 12.6. The number of rotatable bonds is 3. The van der Waals surface area contributed by atoms with Crippen molar-refractivity contribution in [1.29, 1.82) is 0 Å². The maximum Gasteiger partial charge on any atom is 0.296 e. The molecule has 26 heavy (non-hydrogen) atoms. The van der Waals surface area contributed by atoms with Crippen molar-refractivity contribution in [3.63, 3.8) is 0 Å². The topological polar surface area (TPSA) is 119 Å². The minimum atomic E-state index is -0.458. The number of benzene rings is 2. The molecule has 0 atom stereocenters. The molecule has 3 aromatic rings. The molecule has 0 saturated carbocycles. The number of carbonyl (C=O) groups is 1. The Bertz CT molecular complexity index is 964. The van der Waals surface area contributed by atoms with Gasteiger partial charge >= 0.3 is 0 Å². The molecule has 0 bridgehead atoms. The molecule has 0 saturated heterocycles. The first kappa shape index (κ1) is 19.1. The van der Waals surface area contributed by atoms with Gasteiger partial charge in [0.1, 0.15) is 11.4 Å². The van der Waals surface area contributed by atoms with Gasteiger partial charge in [-0.15, -0.1) is 12.4 Å². The number of halogens is 1. The quantitative estimate of drug-likeness (QED) is 0.320. The lowest BCUT2D eigenvalue weighted by Gasteiger charge is -2.08. The molecule has 8 heteroatoms. The second-order valence-electron chi connectivity index (χ2n) is 5.58. The molecule has 7 nitrogen and oxygen atoms in total. The third-order valence-corrected chi connectivity index (χ3v) is 3.79. The van der Waals surface area contributed by atoms with Crippen LogP contribution in [0.25, 0.3) is 10.9 Å². The van der Waals surface area contributed by atoms with Crippen LogP contribution in [0.15, 0.2) is 47.5 Å². The number of nitrogens with one attached hydrogen (secondary N) is 2. The number of ether oxygens (including phenoxy) is 1. The van der Waals surface area contributed by atoms with E-state index in [9.17, 15) is 4.79 Å². The highest BCUT2D eigenvalue weighted by molar-refractivity contribution is 6.05. The molecule has 0 spiro atoms. The number of nitrogens with two attached hydrogens (primary N) is 2. The summed E-state index contributed by atoms with van der Waals surface area (Å²) in [7, 11) is 1.60. The Labute approximate surface area is 156 Å². The highest BCUT2D eigenvalue weighted by atomic mass is 35.5. The van der Waals surface area contributed by atoms with Gasteiger partial charge in [0.2, 0.25) is 0 Å². The van der Waals surface area contributed by atoms with Crippen LogP contribution in [0, 0.1) is 6.92 Å². The summed E-state index contributed by atoms with van der Waals surface area (Å²) < 4.78 is 5.93. The Morgan fingerprint density at radius 3 is 2.54 bits per heavy atom. The number of aryl methyl sites for hydroxylation is 1. The predicted molar refractivity (Wildman–Crippen MR) is 106 cm³/mol. The van der Waals surface area contributed by atoms with E-state index in [0.717, 1.165) is 16.5 Å². The monoisotopic (exact) mass is 373 g/mol. The van der Waals surface area contributed by atoms with Crippen molar-refractivity contribution in [1.82, 2.24) is 10.3 Å². The van der Waals surface area contributed by atoms with Crippen LogP contribution in [-0.2, 0) is 0 Å². The summed E-state index contributed by atoms with van der Waals surface area (Å²) in [4.78, 5) is 19.1. The summed E-state index contributed by atoms with van der Waals surface area (Å²) >= 11 is 0. The van der Waals surface area contributed by atoms with Gasteiger partial charge in [0.25, 0.3) is 5.91 Å². The Hall–Kier alpha value is -3.19. The first-order valence-corrected chi connectivity index (χ1v) is 7.70. The Balaban J connectivity index is 0.00000243. The average molecular weight is 374 g/mol. The third kappa shape index (κ3) is 3.89. The normalized spacial score (nSPS) is 11.1. The van der Waals surface area contributed by atoms with Gasteiger partial charge in [-0.25, -0.2) is 0 Å². The third-order valence-electron chi connectivity index (χ3n) is 3.79. The van der Waals surface area contributed by atoms with Gasteiger partial charge in [0, 0.05) is 18.1 Å². The maximum absolute atomic E-state index is 12.2. The Kier molecular flexibility index (Phi) is 5.74. The maximum atomic E-state index is 12.2. The minimum absolute atomic E-state index is 0. The highest BCUT2D eigenvalue weighted by Gasteiger charge is 2.14. The number of hydrogen-bond donors (Lipinski definition) is 4. The number of anilines is 1. The van der Waals surface area contributed by atoms with Gasteiger partial charge in [-0.1, -0.05) is 6.07 Å². The van der Waals surface area contributed by atoms with E-state index in [1.165, 1.54) is 0 Å². The number of nitrogens with zero attached hydrogens (tertiary/aromatic N) is 1. The Morgan fingerprint density at radius 1 is 1.19 bits per heavy atom. The molecule has 6 N–H and O–H groups in total. The van der Waals surface area contributed by atoms with Crippen molar-refractivity contribution in [2.45, 2.75) is 6.92 Å². The number of amides is 1. The molecule has 0 unspecified atom stereocenters. The van der Waals surface area contributed by atoms with Gasteiger partial charge in [-0.2, -0.15) is 4.99 Å². The fourth-order valence-corrected chi connectivity index (χ4v) is 2.42. The zero-order valence-electron chi connectivity index (χ0n) is 14.4. The number of guanidine groups is 1. The van der Waals surface area contributed by atoms with E-state index in [1.807, 2.05) is 19.1 Å². The molecule has 1 heterocycles. The SMILES string of the molecule is CNC(N)=NC(=O)c1cc2c(C)ccc(Oc3ccc(N)cc3)c2[nH]1.Cl. The van der Waals surface area contributed by atoms with Crippen molar-refractivity contribution >= 4 is 40.9 Å². The van der Waals surface area contributed by atoms with Crippen molar-refractivity contribution in [3.05, 3.63) is 53.7 Å². The van der Waals surface area contributed by atoms with Crippen LogP contribution < -0.4 is 21.5 Å². The molecule has 136 valence electrons. The molecule has 0 fully saturated rings. The van der Waals surface area contributed by atoms with E-state index in [4.69, 9.17) is 16.2 Å². The minimum Gasteiger partial charge on any atom is -0.455 e. The summed E-state index contributed by atoms with van der Waals surface area (Å²) in [6.45, 7) is 1.96. The second kappa shape index (κ2) is 7.79. The highest BCUT2D eigenvalue weighted by Crippen LogP contribution is 2.32. The first-order valence-electron chi connectivity index (χ1n) is 7.70. The fourth-order valence-electron chi connectivity index (χ4n) is 2.42. The van der Waals surface area contributed by atoms with Gasteiger partial charge in [0.15, 0.2) is 11.7 Å². The number of fused-ring (bicyclic) bond motifs is 1. The summed E-state index contributed by atoms with van der Waals surface area (Å²) in [6.07, 6.45) is 0. The lowest BCUT2D eigenvalue weighted by atomic mass is 10.1. The number of carbonyl (C=O) groups excluding carboxylic acids is 1. The lowest BCUT2D eigenvalue weighted by molar-refractivity contribution is 0.0998. The zero-order valence-corrected chi connectivity index (χ0v) is 15.2. The summed E-state index contributed by atoms with van der Waals surface area (Å²) in [5, 5.41) is 3.50. The van der Waals surface area contributed by atoms with Gasteiger partial charge in [0.05, 0.1) is 5.52 Å². The molecular formula is C18H20ClN5O2. The molecule has 1 aromatic heterocycles. The van der Waals surface area contributed by atoms with Gasteiger partial charge in [-0.05, 0) is 48.9 Å². The van der Waals surface area contributed by atoms with Crippen LogP contribution in [0.3, 0.4) is 0 Å². The van der Waals surface area contributed by atoms with E-state index in [0.29, 0.717) is 22.9 Å². The second-order valence-corrected chi connectivity index (χ2v) is 5.58. The van der Waals surface area contributed by atoms with Crippen molar-refractivity contribution in [2.75, 3.05) is 12.8 Å². The molecule has 0 aliphatic rings. The van der Waals surface area contributed by atoms with Crippen LogP contribution >= 0.6 is 12.4 Å². The molecule has 2 aromatic carbocycles. The van der Waals surface area contributed by atoms with E-state index in [2.05, 4.69) is 15.3 Å². The predicted octanol–water partition coefficient (Wildman–Crippen LogP) is 2.95. The van der Waals surface area contributed by atoms with Crippen molar-refractivity contribution < 1.29 is 9.53 Å². The number of hydrogen-bond acceptors (Lipinski definition) is 3. The van der Waals surface area contributed by atoms with Crippen LogP contribution in [0.1, 0.15) is 16.1 Å². The van der Waals surface area contributed by atoms with Crippen molar-refractivity contribution in [3.8, 4) is 11.5 Å². The fraction of sp³-hybridized carbons (Fsp3) is 0.111. The Morgan fingerprint density at radius 2 is 1.88 bits per heavy atom. The van der Waals surface area contributed by atoms with E-state index in [1.54, 1.807) is 37.4 Å². The standard InChI is InChI=1S/C18H19N5O2.ClH/c1-10-3-8-15(25-12-6-4-11(19)5-7-12)16-13(10)9-14(22-16)17(24)23-18(20)21-2;/h3-9,22H,19H2,1-2H3,(H3,20,21,23,24);1H. The number of aromatic amines is 1. The van der Waals surface area contributed by atoms with E-state index in [-0.39, 0.29) is 18.4 Å². The molecular weight excluding hydrogens is 354 g/mol. The average Bonchev–Trinajstić information content (AvgIpc) is 3.06. The van der Waals surface area contributed by atoms with Crippen LogP contribution in [0.4, 0.5) is 5.69 Å². The van der Waals surface area contributed by atoms with E-state index >= 15 is 0 Å². The lowest BCUT2D eigenvalue weighted by Crippen LogP contribution is -2.28.